The van der Waals surface area contributed by atoms with Crippen LogP contribution in [0, 0.1) is 5.82 Å². The number of benzene rings is 1. The third-order valence-electron chi connectivity index (χ3n) is 2.11. The van der Waals surface area contributed by atoms with Crippen LogP contribution in [0.1, 0.15) is 34.6 Å². The molecule has 1 rings (SSSR count). The second-order valence-corrected chi connectivity index (χ2v) is 3.26. The topological polar surface area (TPSA) is 72.8 Å². The molecule has 0 atom stereocenters. The molecule has 0 bridgehead atoms. The van der Waals surface area contributed by atoms with Gasteiger partial charge in [0.15, 0.2) is 11.6 Å². The lowest BCUT2D eigenvalue weighted by Gasteiger charge is -2.11. The molecule has 0 aliphatic rings. The van der Waals surface area contributed by atoms with Crippen molar-refractivity contribution >= 4 is 11.9 Å². The van der Waals surface area contributed by atoms with E-state index in [9.17, 15) is 14.0 Å². The van der Waals surface area contributed by atoms with Crippen LogP contribution in [0.25, 0.3) is 0 Å². The molecule has 0 amide bonds. The maximum atomic E-state index is 13.9. The van der Waals surface area contributed by atoms with Crippen molar-refractivity contribution in [1.82, 2.24) is 0 Å². The van der Waals surface area contributed by atoms with Gasteiger partial charge in [-0.15, -0.1) is 0 Å². The molecular weight excluding hydrogens is 243 g/mol. The second kappa shape index (κ2) is 6.00. The van der Waals surface area contributed by atoms with Crippen molar-refractivity contribution in [2.24, 2.45) is 0 Å². The first kappa shape index (κ1) is 14.0. The number of aromatic carboxylic acids is 1. The van der Waals surface area contributed by atoms with Gasteiger partial charge in [-0.05, 0) is 26.0 Å². The number of carbonyl (C=O) groups excluding carboxylic acids is 1. The summed E-state index contributed by atoms with van der Waals surface area (Å²) in [4.78, 5) is 22.3. The molecule has 1 aromatic carbocycles. The highest BCUT2D eigenvalue weighted by Gasteiger charge is 2.23. The molecule has 0 spiro atoms. The van der Waals surface area contributed by atoms with Gasteiger partial charge in [-0.3, -0.25) is 0 Å². The number of hydrogen-bond donors (Lipinski definition) is 1. The summed E-state index contributed by atoms with van der Waals surface area (Å²) in [6, 6.07) is 2.18. The standard InChI is InChI=1S/C12H13FO5/c1-3-17-10-8(12(16)18-4-2)6-5-7(9(10)13)11(14)15/h5-6H,3-4H2,1-2H3,(H,14,15). The molecule has 0 saturated heterocycles. The van der Waals surface area contributed by atoms with Gasteiger partial charge < -0.3 is 14.6 Å². The molecule has 0 fully saturated rings. The van der Waals surface area contributed by atoms with Crippen molar-refractivity contribution in [2.75, 3.05) is 13.2 Å². The van der Waals surface area contributed by atoms with E-state index in [4.69, 9.17) is 14.6 Å². The number of hydrogen-bond acceptors (Lipinski definition) is 4. The molecule has 18 heavy (non-hydrogen) atoms. The van der Waals surface area contributed by atoms with Crippen LogP contribution >= 0.6 is 0 Å². The quantitative estimate of drug-likeness (QED) is 0.817. The minimum absolute atomic E-state index is 0.104. The Kier molecular flexibility index (Phi) is 4.65. The van der Waals surface area contributed by atoms with E-state index in [1.54, 1.807) is 13.8 Å². The van der Waals surface area contributed by atoms with Gasteiger partial charge in [-0.1, -0.05) is 0 Å². The Labute approximate surface area is 103 Å². The van der Waals surface area contributed by atoms with E-state index in [-0.39, 0.29) is 18.8 Å². The Bertz CT molecular complexity index is 470. The first-order chi connectivity index (χ1) is 8.52. The fourth-order valence-electron chi connectivity index (χ4n) is 1.38. The van der Waals surface area contributed by atoms with Gasteiger partial charge in [0.1, 0.15) is 5.56 Å². The van der Waals surface area contributed by atoms with Crippen molar-refractivity contribution in [1.29, 1.82) is 0 Å². The average molecular weight is 256 g/mol. The zero-order chi connectivity index (χ0) is 13.7. The van der Waals surface area contributed by atoms with Crippen LogP contribution in [-0.4, -0.2) is 30.3 Å². The number of carboxylic acids is 1. The van der Waals surface area contributed by atoms with Crippen molar-refractivity contribution in [3.63, 3.8) is 0 Å². The van der Waals surface area contributed by atoms with E-state index in [0.29, 0.717) is 0 Å². The number of carboxylic acid groups (broad SMARTS) is 1. The van der Waals surface area contributed by atoms with Gasteiger partial charge in [0.25, 0.3) is 0 Å². The van der Waals surface area contributed by atoms with Crippen LogP contribution in [0.5, 0.6) is 5.75 Å². The minimum atomic E-state index is -1.43. The van der Waals surface area contributed by atoms with E-state index in [1.807, 2.05) is 0 Å². The minimum Gasteiger partial charge on any atom is -0.490 e. The fraction of sp³-hybridized carbons (Fsp3) is 0.333. The zero-order valence-electron chi connectivity index (χ0n) is 10.0. The summed E-state index contributed by atoms with van der Waals surface area (Å²) >= 11 is 0. The summed E-state index contributed by atoms with van der Waals surface area (Å²) in [5.74, 6) is -3.65. The Balaban J connectivity index is 3.31. The van der Waals surface area contributed by atoms with Crippen molar-refractivity contribution < 1.29 is 28.6 Å². The molecule has 0 radical (unpaired) electrons. The molecule has 0 aliphatic carbocycles. The number of ether oxygens (including phenoxy) is 2. The first-order valence-electron chi connectivity index (χ1n) is 5.38. The fourth-order valence-corrected chi connectivity index (χ4v) is 1.38. The Morgan fingerprint density at radius 3 is 2.33 bits per heavy atom. The van der Waals surface area contributed by atoms with Crippen LogP contribution in [0.15, 0.2) is 12.1 Å². The predicted molar refractivity (Wildman–Crippen MR) is 60.5 cm³/mol. The number of esters is 1. The largest absolute Gasteiger partial charge is 0.490 e. The van der Waals surface area contributed by atoms with Crippen LogP contribution in [0.4, 0.5) is 4.39 Å². The van der Waals surface area contributed by atoms with Crippen LogP contribution in [0.2, 0.25) is 0 Å². The summed E-state index contributed by atoms with van der Waals surface area (Å²) in [6.07, 6.45) is 0. The lowest BCUT2D eigenvalue weighted by Crippen LogP contribution is -2.12. The van der Waals surface area contributed by atoms with Crippen LogP contribution in [-0.2, 0) is 4.74 Å². The summed E-state index contributed by atoms with van der Waals surface area (Å²) in [5.41, 5.74) is -0.673. The molecule has 6 heteroatoms. The van der Waals surface area contributed by atoms with Crippen molar-refractivity contribution in [3.8, 4) is 5.75 Å². The van der Waals surface area contributed by atoms with Gasteiger partial charge in [-0.2, -0.15) is 0 Å². The normalized spacial score (nSPS) is 9.94. The first-order valence-corrected chi connectivity index (χ1v) is 5.38. The van der Waals surface area contributed by atoms with E-state index in [0.717, 1.165) is 6.07 Å². The maximum Gasteiger partial charge on any atom is 0.342 e. The molecule has 1 aromatic rings. The molecule has 0 aliphatic heterocycles. The maximum absolute atomic E-state index is 13.9. The van der Waals surface area contributed by atoms with Gasteiger partial charge in [0.2, 0.25) is 0 Å². The van der Waals surface area contributed by atoms with Gasteiger partial charge >= 0.3 is 11.9 Å². The lowest BCUT2D eigenvalue weighted by atomic mass is 10.1. The zero-order valence-corrected chi connectivity index (χ0v) is 10.0. The third-order valence-corrected chi connectivity index (χ3v) is 2.11. The van der Waals surface area contributed by atoms with Crippen molar-refractivity contribution in [3.05, 3.63) is 29.1 Å². The van der Waals surface area contributed by atoms with E-state index >= 15 is 0 Å². The molecule has 0 unspecified atom stereocenters. The molecule has 0 aromatic heterocycles. The Morgan fingerprint density at radius 1 is 1.22 bits per heavy atom. The number of rotatable bonds is 5. The Hall–Kier alpha value is -2.11. The predicted octanol–water partition coefficient (Wildman–Crippen LogP) is 2.10. The Morgan fingerprint density at radius 2 is 1.83 bits per heavy atom. The third kappa shape index (κ3) is 2.77. The average Bonchev–Trinajstić information content (AvgIpc) is 2.31. The summed E-state index contributed by atoms with van der Waals surface area (Å²) in [6.45, 7) is 3.45. The SMILES string of the molecule is CCOC(=O)c1ccc(C(=O)O)c(F)c1OCC. The van der Waals surface area contributed by atoms with Crippen LogP contribution < -0.4 is 4.74 Å². The summed E-state index contributed by atoms with van der Waals surface area (Å²) < 4.78 is 23.6. The molecule has 1 N–H and O–H groups in total. The molecular formula is C12H13FO5. The van der Waals surface area contributed by atoms with Gasteiger partial charge in [0, 0.05) is 0 Å². The number of carbonyl (C=O) groups is 2. The van der Waals surface area contributed by atoms with E-state index < -0.39 is 29.1 Å². The van der Waals surface area contributed by atoms with Gasteiger partial charge in [0.05, 0.1) is 18.8 Å². The second-order valence-electron chi connectivity index (χ2n) is 3.26. The molecule has 5 nitrogen and oxygen atoms in total. The summed E-state index contributed by atoms with van der Waals surface area (Å²) in [7, 11) is 0. The smallest absolute Gasteiger partial charge is 0.342 e. The summed E-state index contributed by atoms with van der Waals surface area (Å²) in [5, 5.41) is 8.78. The van der Waals surface area contributed by atoms with E-state index in [2.05, 4.69) is 0 Å². The van der Waals surface area contributed by atoms with Gasteiger partial charge in [-0.25, -0.2) is 14.0 Å². The highest BCUT2D eigenvalue weighted by Crippen LogP contribution is 2.27. The molecule has 98 valence electrons. The lowest BCUT2D eigenvalue weighted by molar-refractivity contribution is 0.0518. The van der Waals surface area contributed by atoms with Crippen molar-refractivity contribution in [2.45, 2.75) is 13.8 Å². The highest BCUT2D eigenvalue weighted by molar-refractivity contribution is 5.95. The number of halogens is 1. The highest BCUT2D eigenvalue weighted by atomic mass is 19.1. The molecule has 0 saturated carbocycles. The monoisotopic (exact) mass is 256 g/mol. The van der Waals surface area contributed by atoms with Crippen LogP contribution in [0.3, 0.4) is 0 Å². The van der Waals surface area contributed by atoms with E-state index in [1.165, 1.54) is 6.07 Å². The molecule has 0 heterocycles.